The summed E-state index contributed by atoms with van der Waals surface area (Å²) in [5.41, 5.74) is 7.29. The van der Waals surface area contributed by atoms with Gasteiger partial charge in [0.15, 0.2) is 0 Å². The van der Waals surface area contributed by atoms with Crippen LogP contribution in [-0.4, -0.2) is 51.4 Å². The molecule has 8 rings (SSSR count). The Bertz CT molecular complexity index is 1850. The van der Waals surface area contributed by atoms with E-state index in [1.54, 1.807) is 0 Å². The van der Waals surface area contributed by atoms with Gasteiger partial charge in [0, 0.05) is 0 Å². The van der Waals surface area contributed by atoms with Crippen molar-refractivity contribution in [3.8, 4) is 0 Å². The monoisotopic (exact) mass is 774 g/mol. The third kappa shape index (κ3) is 6.70. The fraction of sp³-hybridized carbons (Fsp3) is 0.213. The summed E-state index contributed by atoms with van der Waals surface area (Å²) >= 11 is -3.61. The van der Waals surface area contributed by atoms with Crippen LogP contribution in [0.4, 0.5) is 0 Å². The first-order valence-electron chi connectivity index (χ1n) is 18.3. The van der Waals surface area contributed by atoms with Crippen LogP contribution >= 0.6 is 0 Å². The van der Waals surface area contributed by atoms with Crippen molar-refractivity contribution in [2.24, 2.45) is 4.99 Å². The van der Waals surface area contributed by atoms with E-state index in [-0.39, 0.29) is 15.6 Å². The number of hydrogen-bond donors (Lipinski definition) is 0. The molecule has 2 heterocycles. The molecule has 3 atom stereocenters. The minimum atomic E-state index is -3.61. The Morgan fingerprint density at radius 3 is 1.20 bits per heavy atom. The molecule has 6 aromatic carbocycles. The number of benzene rings is 6. The maximum absolute atomic E-state index is 6.74. The van der Waals surface area contributed by atoms with Gasteiger partial charge in [-0.05, 0) is 0 Å². The van der Waals surface area contributed by atoms with Crippen LogP contribution in [0.5, 0.6) is 0 Å². The SMILES string of the molecule is CC1(C)COC([C@@H]2[C@H]([Sn]([CH2]c3ccccc3)([CH2]c3ccccc3)[CH2]c3ccccc3)N2C(c2ccccc2)(c2ccccc2)c2ccccc2)=N1. The van der Waals surface area contributed by atoms with Crippen LogP contribution in [0.15, 0.2) is 187 Å². The van der Waals surface area contributed by atoms with Gasteiger partial charge in [-0.2, -0.15) is 0 Å². The zero-order chi connectivity index (χ0) is 34.7. The Morgan fingerprint density at radius 1 is 0.549 bits per heavy atom. The average Bonchev–Trinajstić information content (AvgIpc) is 3.82. The van der Waals surface area contributed by atoms with Crippen LogP contribution in [0.1, 0.15) is 47.2 Å². The van der Waals surface area contributed by atoms with Crippen molar-refractivity contribution in [3.63, 3.8) is 0 Å². The van der Waals surface area contributed by atoms with E-state index in [2.05, 4.69) is 201 Å². The van der Waals surface area contributed by atoms with Crippen LogP contribution in [0.2, 0.25) is 0 Å². The molecule has 0 aromatic heterocycles. The normalized spacial score (nSPS) is 19.6. The first-order valence-corrected chi connectivity index (χ1v) is 26.0. The first kappa shape index (κ1) is 33.7. The van der Waals surface area contributed by atoms with Crippen LogP contribution in [0.25, 0.3) is 0 Å². The molecule has 0 bridgehead atoms. The van der Waals surface area contributed by atoms with E-state index in [0.717, 1.165) is 19.2 Å². The van der Waals surface area contributed by atoms with E-state index < -0.39 is 23.9 Å². The predicted octanol–water partition coefficient (Wildman–Crippen LogP) is 9.57. The van der Waals surface area contributed by atoms with Gasteiger partial charge in [-0.15, -0.1) is 0 Å². The molecule has 2 aliphatic rings. The molecular formula is C47H46N2OSn. The summed E-state index contributed by atoms with van der Waals surface area (Å²) in [5.74, 6) is 0.910. The van der Waals surface area contributed by atoms with Crippen molar-refractivity contribution in [1.29, 1.82) is 0 Å². The second kappa shape index (κ2) is 14.3. The fourth-order valence-corrected chi connectivity index (χ4v) is 25.9. The van der Waals surface area contributed by atoms with Crippen molar-refractivity contribution in [1.82, 2.24) is 4.90 Å². The van der Waals surface area contributed by atoms with E-state index in [0.29, 0.717) is 6.61 Å². The Balaban J connectivity index is 1.43. The van der Waals surface area contributed by atoms with Crippen LogP contribution < -0.4 is 0 Å². The molecule has 0 radical (unpaired) electrons. The summed E-state index contributed by atoms with van der Waals surface area (Å²) in [4.78, 5) is 8.27. The van der Waals surface area contributed by atoms with E-state index in [1.165, 1.54) is 33.4 Å². The molecule has 6 aromatic rings. The van der Waals surface area contributed by atoms with Crippen molar-refractivity contribution >= 4 is 24.3 Å². The first-order chi connectivity index (χ1) is 25.0. The quantitative estimate of drug-likeness (QED) is 0.0704. The molecule has 0 saturated carbocycles. The molecule has 51 heavy (non-hydrogen) atoms. The van der Waals surface area contributed by atoms with Crippen molar-refractivity contribution in [2.45, 2.75) is 48.3 Å². The van der Waals surface area contributed by atoms with Crippen molar-refractivity contribution in [2.75, 3.05) is 6.61 Å². The predicted molar refractivity (Wildman–Crippen MR) is 212 cm³/mol. The van der Waals surface area contributed by atoms with E-state index in [4.69, 9.17) is 9.73 Å². The summed E-state index contributed by atoms with van der Waals surface area (Å²) in [6, 6.07) is 67.5. The summed E-state index contributed by atoms with van der Waals surface area (Å²) in [5, 5.41) is 0. The van der Waals surface area contributed by atoms with E-state index in [1.807, 2.05) is 0 Å². The van der Waals surface area contributed by atoms with Crippen LogP contribution in [0, 0.1) is 0 Å². The average molecular weight is 774 g/mol. The summed E-state index contributed by atoms with van der Waals surface area (Å²) < 4.78 is 10.4. The zero-order valence-corrected chi connectivity index (χ0v) is 32.5. The van der Waals surface area contributed by atoms with Gasteiger partial charge >= 0.3 is 309 Å². The topological polar surface area (TPSA) is 24.6 Å². The zero-order valence-electron chi connectivity index (χ0n) is 29.6. The fourth-order valence-electron chi connectivity index (χ4n) is 8.79. The van der Waals surface area contributed by atoms with Gasteiger partial charge in [0.2, 0.25) is 0 Å². The Labute approximate surface area is 307 Å². The van der Waals surface area contributed by atoms with Gasteiger partial charge in [0.25, 0.3) is 0 Å². The molecule has 0 spiro atoms. The standard InChI is InChI=1S/C26H25N2O.3C7H7.Sn/c1-25(2)19-29-24(27-25)23-18-28(23)26(20-12-6-3-7-13-20,21-14-8-4-9-15-21)22-16-10-5-11-17-22;3*1-7-5-3-2-4-6-7;/h3-18,23H,19H2,1-2H3;3*2-6H,1H2;/t23-,28?;;;;/m0..../s1. The number of aliphatic imine (C=N–C) groups is 1. The van der Waals surface area contributed by atoms with Gasteiger partial charge in [0.1, 0.15) is 0 Å². The number of nitrogens with zero attached hydrogens (tertiary/aromatic N) is 2. The molecule has 4 heteroatoms. The Kier molecular flexibility index (Phi) is 9.43. The summed E-state index contributed by atoms with van der Waals surface area (Å²) in [6.45, 7) is 5.01. The van der Waals surface area contributed by atoms with Crippen LogP contribution in [-0.2, 0) is 23.6 Å². The second-order valence-electron chi connectivity index (χ2n) is 15.0. The van der Waals surface area contributed by atoms with Gasteiger partial charge in [0.05, 0.1) is 0 Å². The van der Waals surface area contributed by atoms with Crippen LogP contribution in [0.3, 0.4) is 0 Å². The molecule has 1 fully saturated rings. The third-order valence-corrected chi connectivity index (χ3v) is 25.6. The second-order valence-corrected chi connectivity index (χ2v) is 27.5. The number of rotatable bonds is 12. The summed E-state index contributed by atoms with van der Waals surface area (Å²) in [7, 11) is 0. The van der Waals surface area contributed by atoms with Gasteiger partial charge < -0.3 is 0 Å². The van der Waals surface area contributed by atoms with E-state index >= 15 is 0 Å². The molecule has 1 saturated heterocycles. The number of hydrogen-bond acceptors (Lipinski definition) is 3. The molecule has 0 amide bonds. The molecule has 0 aliphatic carbocycles. The minimum absolute atomic E-state index is 0.0410. The maximum atomic E-state index is 6.74. The Morgan fingerprint density at radius 2 is 0.882 bits per heavy atom. The van der Waals surface area contributed by atoms with Crippen molar-refractivity contribution < 1.29 is 4.74 Å². The van der Waals surface area contributed by atoms with Gasteiger partial charge in [-0.3, -0.25) is 0 Å². The van der Waals surface area contributed by atoms with Crippen molar-refractivity contribution in [3.05, 3.63) is 215 Å². The number of ether oxygens (including phenoxy) is 1. The summed E-state index contributed by atoms with van der Waals surface area (Å²) in [6.07, 6.45) is 0. The molecule has 1 unspecified atom stereocenters. The van der Waals surface area contributed by atoms with Gasteiger partial charge in [-0.1, -0.05) is 0 Å². The molecule has 254 valence electrons. The Hall–Kier alpha value is -4.45. The van der Waals surface area contributed by atoms with E-state index in [9.17, 15) is 0 Å². The third-order valence-electron chi connectivity index (χ3n) is 10.8. The molecule has 0 N–H and O–H groups in total. The van der Waals surface area contributed by atoms with Gasteiger partial charge in [-0.25, -0.2) is 0 Å². The molecule has 2 aliphatic heterocycles. The molecular weight excluding hydrogens is 727 g/mol. The molecule has 3 nitrogen and oxygen atoms in total.